The first-order valence-electron chi connectivity index (χ1n) is 8.57. The second kappa shape index (κ2) is 7.54. The van der Waals surface area contributed by atoms with Crippen molar-refractivity contribution in [3.8, 4) is 0 Å². The third-order valence-electron chi connectivity index (χ3n) is 4.36. The Bertz CT molecular complexity index is 730. The highest BCUT2D eigenvalue weighted by molar-refractivity contribution is 7.10. The minimum Gasteiger partial charge on any atom is -0.383 e. The van der Waals surface area contributed by atoms with Crippen LogP contribution in [0.3, 0.4) is 0 Å². The molecule has 0 radical (unpaired) electrons. The van der Waals surface area contributed by atoms with Crippen molar-refractivity contribution in [3.63, 3.8) is 0 Å². The summed E-state index contributed by atoms with van der Waals surface area (Å²) in [6.45, 7) is 4.75. The molecular weight excluding hydrogens is 337 g/mol. The number of thiophene rings is 1. The lowest BCUT2D eigenvalue weighted by atomic mass is 10.1. The molecule has 1 aromatic carbocycles. The largest absolute Gasteiger partial charge is 0.383 e. The van der Waals surface area contributed by atoms with Gasteiger partial charge in [0.05, 0.1) is 6.54 Å². The minimum absolute atomic E-state index is 0.153. The van der Waals surface area contributed by atoms with Gasteiger partial charge in [-0.1, -0.05) is 24.3 Å². The number of benzene rings is 1. The Morgan fingerprint density at radius 3 is 2.84 bits per heavy atom. The number of nitrogens with one attached hydrogen (secondary N) is 2. The van der Waals surface area contributed by atoms with Crippen LogP contribution in [0.25, 0.3) is 0 Å². The zero-order chi connectivity index (χ0) is 17.9. The Labute approximate surface area is 151 Å². The average molecular weight is 361 g/mol. The number of aliphatic imine (C=N–C) groups is 1. The molecular formula is C19H24FN3OS. The Morgan fingerprint density at radius 2 is 2.16 bits per heavy atom. The molecule has 4 nitrogen and oxygen atoms in total. The van der Waals surface area contributed by atoms with Gasteiger partial charge in [0, 0.05) is 23.4 Å². The summed E-state index contributed by atoms with van der Waals surface area (Å²) >= 11 is 1.52. The molecule has 1 aliphatic rings. The average Bonchev–Trinajstić information content (AvgIpc) is 3.10. The van der Waals surface area contributed by atoms with Crippen molar-refractivity contribution in [2.24, 2.45) is 4.99 Å². The van der Waals surface area contributed by atoms with Crippen LogP contribution >= 0.6 is 11.3 Å². The van der Waals surface area contributed by atoms with E-state index in [0.717, 1.165) is 23.4 Å². The quantitative estimate of drug-likeness (QED) is 0.547. The van der Waals surface area contributed by atoms with E-state index < -0.39 is 5.60 Å². The molecule has 3 N–H and O–H groups in total. The molecule has 1 heterocycles. The van der Waals surface area contributed by atoms with Crippen LogP contribution in [0.15, 0.2) is 46.8 Å². The smallest absolute Gasteiger partial charge is 0.191 e. The summed E-state index contributed by atoms with van der Waals surface area (Å²) in [6.07, 6.45) is 0.882. The highest BCUT2D eigenvalue weighted by Crippen LogP contribution is 2.41. The molecule has 1 saturated carbocycles. The van der Waals surface area contributed by atoms with Gasteiger partial charge in [-0.3, -0.25) is 0 Å². The van der Waals surface area contributed by atoms with Crippen molar-refractivity contribution in [2.75, 3.05) is 13.1 Å². The van der Waals surface area contributed by atoms with Gasteiger partial charge in [-0.05, 0) is 43.3 Å². The Kier molecular flexibility index (Phi) is 5.39. The van der Waals surface area contributed by atoms with Crippen molar-refractivity contribution in [1.82, 2.24) is 10.6 Å². The zero-order valence-electron chi connectivity index (χ0n) is 14.5. The number of hydrogen-bond donors (Lipinski definition) is 3. The highest BCUT2D eigenvalue weighted by atomic mass is 32.1. The van der Waals surface area contributed by atoms with Crippen LogP contribution < -0.4 is 10.6 Å². The van der Waals surface area contributed by atoms with Gasteiger partial charge in [-0.2, -0.15) is 0 Å². The first kappa shape index (κ1) is 17.9. The minimum atomic E-state index is -0.995. The van der Waals surface area contributed by atoms with Crippen molar-refractivity contribution in [1.29, 1.82) is 0 Å². The fraction of sp³-hybridized carbons (Fsp3) is 0.421. The van der Waals surface area contributed by atoms with Gasteiger partial charge < -0.3 is 15.7 Å². The van der Waals surface area contributed by atoms with Crippen molar-refractivity contribution in [3.05, 3.63) is 58.0 Å². The molecule has 0 saturated heterocycles. The topological polar surface area (TPSA) is 56.7 Å². The molecule has 0 amide bonds. The molecule has 2 aromatic rings. The predicted molar refractivity (Wildman–Crippen MR) is 101 cm³/mol. The lowest BCUT2D eigenvalue weighted by molar-refractivity contribution is 0.0711. The summed E-state index contributed by atoms with van der Waals surface area (Å²) in [5, 5.41) is 19.1. The van der Waals surface area contributed by atoms with Crippen molar-refractivity contribution >= 4 is 17.3 Å². The van der Waals surface area contributed by atoms with E-state index >= 15 is 0 Å². The molecule has 0 bridgehead atoms. The Balaban J connectivity index is 1.63. The number of hydrogen-bond acceptors (Lipinski definition) is 3. The SMILES string of the molecule is CCNC(=NCC(C)(O)c1cccs1)NC1CC1c1ccccc1F. The third-order valence-corrected chi connectivity index (χ3v) is 5.48. The molecule has 1 aromatic heterocycles. The Hall–Kier alpha value is -1.92. The van der Waals surface area contributed by atoms with Gasteiger partial charge in [0.2, 0.25) is 0 Å². The van der Waals surface area contributed by atoms with E-state index in [1.807, 2.05) is 36.6 Å². The number of halogens is 1. The van der Waals surface area contributed by atoms with Gasteiger partial charge in [0.1, 0.15) is 11.4 Å². The van der Waals surface area contributed by atoms with Crippen molar-refractivity contribution < 1.29 is 9.50 Å². The van der Waals surface area contributed by atoms with E-state index in [1.165, 1.54) is 17.4 Å². The maximum atomic E-state index is 13.9. The van der Waals surface area contributed by atoms with Crippen LogP contribution in [-0.4, -0.2) is 30.2 Å². The maximum Gasteiger partial charge on any atom is 0.191 e. The molecule has 3 atom stereocenters. The summed E-state index contributed by atoms with van der Waals surface area (Å²) in [4.78, 5) is 5.42. The standard InChI is InChI=1S/C19H24FN3OS/c1-3-21-18(22-12-19(2,24)17-9-6-10-25-17)23-16-11-14(16)13-7-4-5-8-15(13)20/h4-10,14,16,24H,3,11-12H2,1-2H3,(H2,21,22,23). The molecule has 6 heteroatoms. The molecule has 1 fully saturated rings. The monoisotopic (exact) mass is 361 g/mol. The van der Waals surface area contributed by atoms with Gasteiger partial charge in [0.15, 0.2) is 5.96 Å². The van der Waals surface area contributed by atoms with Gasteiger partial charge >= 0.3 is 0 Å². The van der Waals surface area contributed by atoms with Crippen LogP contribution in [0, 0.1) is 5.82 Å². The fourth-order valence-electron chi connectivity index (χ4n) is 2.87. The summed E-state index contributed by atoms with van der Waals surface area (Å²) in [7, 11) is 0. The number of aliphatic hydroxyl groups is 1. The van der Waals surface area contributed by atoms with Crippen LogP contribution in [0.1, 0.15) is 36.6 Å². The Morgan fingerprint density at radius 1 is 1.36 bits per heavy atom. The predicted octanol–water partition coefficient (Wildman–Crippen LogP) is 3.21. The van der Waals surface area contributed by atoms with Gasteiger partial charge in [0.25, 0.3) is 0 Å². The first-order valence-corrected chi connectivity index (χ1v) is 9.45. The molecule has 25 heavy (non-hydrogen) atoms. The maximum absolute atomic E-state index is 13.9. The molecule has 0 spiro atoms. The summed E-state index contributed by atoms with van der Waals surface area (Å²) in [5.41, 5.74) is -0.244. The van der Waals surface area contributed by atoms with E-state index in [1.54, 1.807) is 13.0 Å². The first-order chi connectivity index (χ1) is 12.0. The van der Waals surface area contributed by atoms with E-state index in [9.17, 15) is 9.50 Å². The number of rotatable bonds is 6. The second-order valence-corrected chi connectivity index (χ2v) is 7.51. The molecule has 3 unspecified atom stereocenters. The van der Waals surface area contributed by atoms with Crippen LogP contribution in [0.5, 0.6) is 0 Å². The van der Waals surface area contributed by atoms with E-state index in [-0.39, 0.29) is 24.3 Å². The van der Waals surface area contributed by atoms with Gasteiger partial charge in [-0.15, -0.1) is 11.3 Å². The van der Waals surface area contributed by atoms with Crippen LogP contribution in [-0.2, 0) is 5.60 Å². The van der Waals surface area contributed by atoms with Crippen LogP contribution in [0.2, 0.25) is 0 Å². The van der Waals surface area contributed by atoms with Crippen molar-refractivity contribution in [2.45, 2.75) is 37.8 Å². The summed E-state index contributed by atoms with van der Waals surface area (Å²) in [6, 6.07) is 10.9. The number of nitrogens with zero attached hydrogens (tertiary/aromatic N) is 1. The van der Waals surface area contributed by atoms with Gasteiger partial charge in [-0.25, -0.2) is 9.38 Å². The summed E-state index contributed by atoms with van der Waals surface area (Å²) in [5.74, 6) is 0.672. The third kappa shape index (κ3) is 4.38. The second-order valence-electron chi connectivity index (χ2n) is 6.56. The lowest BCUT2D eigenvalue weighted by Gasteiger charge is -2.20. The zero-order valence-corrected chi connectivity index (χ0v) is 15.3. The highest BCUT2D eigenvalue weighted by Gasteiger charge is 2.40. The normalized spacial score (nSPS) is 22.3. The lowest BCUT2D eigenvalue weighted by Crippen LogP contribution is -2.40. The molecule has 134 valence electrons. The molecule has 1 aliphatic carbocycles. The van der Waals surface area contributed by atoms with E-state index in [4.69, 9.17) is 0 Å². The van der Waals surface area contributed by atoms with E-state index in [2.05, 4.69) is 15.6 Å². The fourth-order valence-corrected chi connectivity index (χ4v) is 3.64. The van der Waals surface area contributed by atoms with Crippen LogP contribution in [0.4, 0.5) is 4.39 Å². The van der Waals surface area contributed by atoms with E-state index in [0.29, 0.717) is 5.96 Å². The number of guanidine groups is 1. The molecule has 3 rings (SSSR count). The summed E-state index contributed by atoms with van der Waals surface area (Å²) < 4.78 is 13.9. The molecule has 0 aliphatic heterocycles.